The van der Waals surface area contributed by atoms with E-state index in [-0.39, 0.29) is 22.8 Å². The van der Waals surface area contributed by atoms with Crippen LogP contribution in [-0.4, -0.2) is 27.2 Å². The Bertz CT molecular complexity index is 718. The number of Topliss-reactive ketones (excluding diaryl/α,β-unsaturated/α-hetero) is 1. The second kappa shape index (κ2) is 10.2. The van der Waals surface area contributed by atoms with Gasteiger partial charge in [-0.15, -0.1) is 0 Å². The molecule has 1 aromatic rings. The molecule has 0 spiro atoms. The number of carbonyl (C=O) groups excluding carboxylic acids is 2. The SMILES string of the molecule is CCCCC[C@H](O[Si](C)(C)C(C)(C)C)c1ccc([C@H]2CCC(=O)[C@@H]2C(=O)OC)cc1. The molecule has 4 nitrogen and oxygen atoms in total. The maximum atomic E-state index is 12.2. The molecule has 168 valence electrons. The summed E-state index contributed by atoms with van der Waals surface area (Å²) in [4.78, 5) is 24.3. The Morgan fingerprint density at radius 2 is 1.80 bits per heavy atom. The minimum Gasteiger partial charge on any atom is -0.468 e. The summed E-state index contributed by atoms with van der Waals surface area (Å²) in [6, 6.07) is 8.43. The molecule has 1 aliphatic carbocycles. The molecule has 0 N–H and O–H groups in total. The van der Waals surface area contributed by atoms with Gasteiger partial charge in [0.1, 0.15) is 11.7 Å². The first-order chi connectivity index (χ1) is 14.0. The molecular weight excluding hydrogens is 392 g/mol. The van der Waals surface area contributed by atoms with E-state index in [2.05, 4.69) is 65.1 Å². The van der Waals surface area contributed by atoms with Crippen LogP contribution >= 0.6 is 0 Å². The van der Waals surface area contributed by atoms with E-state index in [1.54, 1.807) is 0 Å². The van der Waals surface area contributed by atoms with Crippen LogP contribution in [0.25, 0.3) is 0 Å². The number of methoxy groups -OCH3 is 1. The lowest BCUT2D eigenvalue weighted by Gasteiger charge is -2.39. The molecular formula is C25H40O4Si. The van der Waals surface area contributed by atoms with Crippen molar-refractivity contribution in [1.29, 1.82) is 0 Å². The largest absolute Gasteiger partial charge is 0.468 e. The van der Waals surface area contributed by atoms with Crippen LogP contribution in [0.1, 0.15) is 89.4 Å². The molecule has 0 bridgehead atoms. The number of hydrogen-bond donors (Lipinski definition) is 0. The molecule has 3 atom stereocenters. The molecule has 30 heavy (non-hydrogen) atoms. The Hall–Kier alpha value is -1.46. The fourth-order valence-electron chi connectivity index (χ4n) is 3.99. The third-order valence-corrected chi connectivity index (χ3v) is 11.4. The first-order valence-corrected chi connectivity index (χ1v) is 14.3. The summed E-state index contributed by atoms with van der Waals surface area (Å²) < 4.78 is 11.7. The summed E-state index contributed by atoms with van der Waals surface area (Å²) in [6.45, 7) is 13.7. The van der Waals surface area contributed by atoms with Crippen LogP contribution in [0.15, 0.2) is 24.3 Å². The van der Waals surface area contributed by atoms with Gasteiger partial charge in [0.15, 0.2) is 8.32 Å². The number of carbonyl (C=O) groups is 2. The van der Waals surface area contributed by atoms with Crippen molar-refractivity contribution >= 4 is 20.1 Å². The smallest absolute Gasteiger partial charge is 0.316 e. The summed E-state index contributed by atoms with van der Waals surface area (Å²) >= 11 is 0. The van der Waals surface area contributed by atoms with Gasteiger partial charge in [0.25, 0.3) is 0 Å². The van der Waals surface area contributed by atoms with Crippen LogP contribution in [0, 0.1) is 5.92 Å². The molecule has 1 saturated carbocycles. The van der Waals surface area contributed by atoms with Crippen molar-refractivity contribution < 1.29 is 18.8 Å². The summed E-state index contributed by atoms with van der Waals surface area (Å²) in [5.74, 6) is -1.16. The van der Waals surface area contributed by atoms with Crippen molar-refractivity contribution in [3.8, 4) is 0 Å². The fourth-order valence-corrected chi connectivity index (χ4v) is 5.31. The van der Waals surface area contributed by atoms with Crippen LogP contribution in [0.4, 0.5) is 0 Å². The quantitative estimate of drug-likeness (QED) is 0.192. The number of ether oxygens (including phenoxy) is 1. The number of unbranched alkanes of at least 4 members (excludes halogenated alkanes) is 2. The Balaban J connectivity index is 2.24. The van der Waals surface area contributed by atoms with Gasteiger partial charge >= 0.3 is 5.97 Å². The molecule has 0 radical (unpaired) electrons. The molecule has 1 aromatic carbocycles. The summed E-state index contributed by atoms with van der Waals surface area (Å²) in [7, 11) is -0.542. The van der Waals surface area contributed by atoms with Crippen molar-refractivity contribution in [3.63, 3.8) is 0 Å². The maximum Gasteiger partial charge on any atom is 0.316 e. The predicted molar refractivity (Wildman–Crippen MR) is 124 cm³/mol. The molecule has 2 rings (SSSR count). The molecule has 1 aliphatic rings. The normalized spacial score (nSPS) is 21.0. The van der Waals surface area contributed by atoms with Crippen molar-refractivity contribution in [2.75, 3.05) is 7.11 Å². The van der Waals surface area contributed by atoms with Crippen molar-refractivity contribution in [2.24, 2.45) is 5.92 Å². The Morgan fingerprint density at radius 1 is 1.17 bits per heavy atom. The summed E-state index contributed by atoms with van der Waals surface area (Å²) in [6.07, 6.45) is 5.81. The minimum atomic E-state index is -1.90. The lowest BCUT2D eigenvalue weighted by atomic mass is 9.87. The van der Waals surface area contributed by atoms with E-state index in [4.69, 9.17) is 9.16 Å². The van der Waals surface area contributed by atoms with Gasteiger partial charge in [-0.3, -0.25) is 9.59 Å². The highest BCUT2D eigenvalue weighted by atomic mass is 28.4. The average Bonchev–Trinajstić information content (AvgIpc) is 3.07. The Kier molecular flexibility index (Phi) is 8.46. The van der Waals surface area contributed by atoms with Crippen LogP contribution in [-0.2, 0) is 18.8 Å². The van der Waals surface area contributed by atoms with Gasteiger partial charge < -0.3 is 9.16 Å². The van der Waals surface area contributed by atoms with E-state index in [1.807, 2.05) is 0 Å². The number of esters is 1. The van der Waals surface area contributed by atoms with Gasteiger partial charge in [0, 0.05) is 12.3 Å². The van der Waals surface area contributed by atoms with E-state index in [0.717, 1.165) is 18.4 Å². The number of ketones is 1. The number of benzene rings is 1. The maximum absolute atomic E-state index is 12.2. The van der Waals surface area contributed by atoms with Gasteiger partial charge in [-0.1, -0.05) is 71.2 Å². The van der Waals surface area contributed by atoms with Crippen LogP contribution in [0.5, 0.6) is 0 Å². The van der Waals surface area contributed by atoms with E-state index in [9.17, 15) is 9.59 Å². The molecule has 0 saturated heterocycles. The number of hydrogen-bond acceptors (Lipinski definition) is 4. The topological polar surface area (TPSA) is 52.6 Å². The zero-order chi connectivity index (χ0) is 22.5. The van der Waals surface area contributed by atoms with Gasteiger partial charge in [0.2, 0.25) is 0 Å². The van der Waals surface area contributed by atoms with Crippen molar-refractivity contribution in [3.05, 3.63) is 35.4 Å². The third-order valence-electron chi connectivity index (χ3n) is 6.96. The molecule has 0 aromatic heterocycles. The molecule has 0 amide bonds. The molecule has 1 fully saturated rings. The second-order valence-corrected chi connectivity index (χ2v) is 14.9. The third kappa shape index (κ3) is 5.82. The van der Waals surface area contributed by atoms with Gasteiger partial charge in [-0.25, -0.2) is 0 Å². The highest BCUT2D eigenvalue weighted by Gasteiger charge is 2.42. The van der Waals surface area contributed by atoms with Crippen LogP contribution in [0.2, 0.25) is 18.1 Å². The summed E-state index contributed by atoms with van der Waals surface area (Å²) in [5.41, 5.74) is 2.23. The Labute approximate surface area is 183 Å². The second-order valence-electron chi connectivity index (χ2n) is 10.1. The van der Waals surface area contributed by atoms with Crippen molar-refractivity contribution in [2.45, 2.75) is 96.4 Å². The molecule has 0 aliphatic heterocycles. The zero-order valence-corrected chi connectivity index (χ0v) is 20.9. The van der Waals surface area contributed by atoms with E-state index in [1.165, 1.54) is 25.5 Å². The van der Waals surface area contributed by atoms with Gasteiger partial charge in [0.05, 0.1) is 13.2 Å². The van der Waals surface area contributed by atoms with E-state index < -0.39 is 20.2 Å². The fraction of sp³-hybridized carbons (Fsp3) is 0.680. The van der Waals surface area contributed by atoms with Gasteiger partial charge in [-0.05, 0) is 42.1 Å². The minimum absolute atomic E-state index is 0.00497. The van der Waals surface area contributed by atoms with E-state index in [0.29, 0.717) is 12.8 Å². The highest BCUT2D eigenvalue weighted by Crippen LogP contribution is 2.42. The monoisotopic (exact) mass is 432 g/mol. The van der Waals surface area contributed by atoms with Gasteiger partial charge in [-0.2, -0.15) is 0 Å². The van der Waals surface area contributed by atoms with Crippen LogP contribution < -0.4 is 0 Å². The first-order valence-electron chi connectivity index (χ1n) is 11.4. The van der Waals surface area contributed by atoms with Crippen LogP contribution in [0.3, 0.4) is 0 Å². The average molecular weight is 433 g/mol. The molecule has 0 heterocycles. The van der Waals surface area contributed by atoms with Crippen molar-refractivity contribution in [1.82, 2.24) is 0 Å². The highest BCUT2D eigenvalue weighted by molar-refractivity contribution is 6.74. The lowest BCUT2D eigenvalue weighted by Crippen LogP contribution is -2.41. The van der Waals surface area contributed by atoms with E-state index >= 15 is 0 Å². The Morgan fingerprint density at radius 3 is 2.33 bits per heavy atom. The standard InChI is InChI=1S/C25H40O4Si/c1-8-9-10-11-22(29-30(6,7)25(2,3)4)19-14-12-18(13-15-19)20-16-17-21(26)23(20)24(27)28-5/h12-15,20,22-23H,8-11,16-17H2,1-7H3/t20-,22+,23-/m1/s1. The predicted octanol–water partition coefficient (Wildman–Crippen LogP) is 6.57. The first kappa shape index (κ1) is 24.8. The summed E-state index contributed by atoms with van der Waals surface area (Å²) in [5, 5.41) is 0.161. The number of rotatable bonds is 9. The molecule has 0 unspecified atom stereocenters. The molecule has 5 heteroatoms. The zero-order valence-electron chi connectivity index (χ0n) is 19.9. The lowest BCUT2D eigenvalue weighted by molar-refractivity contribution is -0.148.